The molecule has 0 spiro atoms. The summed E-state index contributed by atoms with van der Waals surface area (Å²) >= 11 is 0. The van der Waals surface area contributed by atoms with Gasteiger partial charge in [0.2, 0.25) is 11.8 Å². The predicted molar refractivity (Wildman–Crippen MR) is 106 cm³/mol. The van der Waals surface area contributed by atoms with Crippen molar-refractivity contribution in [1.82, 2.24) is 19.8 Å². The SMILES string of the molecule is CC(C)[C@H](NC(=O)[C@H]1CC(=O)N(C(C)(C)C)C1)c1nc2ccccc2n1C. The number of benzene rings is 1. The Balaban J connectivity index is 1.82. The second-order valence-corrected chi connectivity index (χ2v) is 8.82. The maximum atomic E-state index is 13.0. The molecular formula is C21H30N4O2. The van der Waals surface area contributed by atoms with E-state index < -0.39 is 0 Å². The van der Waals surface area contributed by atoms with Gasteiger partial charge in [0.05, 0.1) is 23.0 Å². The van der Waals surface area contributed by atoms with Crippen molar-refractivity contribution in [2.24, 2.45) is 18.9 Å². The van der Waals surface area contributed by atoms with Gasteiger partial charge in [-0.15, -0.1) is 0 Å². The summed E-state index contributed by atoms with van der Waals surface area (Å²) in [6.07, 6.45) is 0.274. The lowest BCUT2D eigenvalue weighted by molar-refractivity contribution is -0.132. The van der Waals surface area contributed by atoms with E-state index in [0.29, 0.717) is 6.54 Å². The number of aromatic nitrogens is 2. The molecule has 1 aromatic heterocycles. The minimum absolute atomic E-state index is 0.0477. The van der Waals surface area contributed by atoms with Crippen LogP contribution in [0.5, 0.6) is 0 Å². The van der Waals surface area contributed by atoms with Gasteiger partial charge in [0, 0.05) is 25.6 Å². The number of aryl methyl sites for hydroxylation is 1. The summed E-state index contributed by atoms with van der Waals surface area (Å²) in [7, 11) is 1.98. The van der Waals surface area contributed by atoms with E-state index in [4.69, 9.17) is 4.98 Å². The molecule has 2 amide bonds. The fourth-order valence-corrected chi connectivity index (χ4v) is 3.77. The monoisotopic (exact) mass is 370 g/mol. The largest absolute Gasteiger partial charge is 0.346 e. The van der Waals surface area contributed by atoms with Crippen molar-refractivity contribution in [2.45, 2.75) is 52.6 Å². The highest BCUT2D eigenvalue weighted by Gasteiger charge is 2.40. The van der Waals surface area contributed by atoms with Crippen LogP contribution in [0.3, 0.4) is 0 Å². The van der Waals surface area contributed by atoms with Gasteiger partial charge in [-0.05, 0) is 38.8 Å². The molecule has 0 aliphatic carbocycles. The van der Waals surface area contributed by atoms with Crippen LogP contribution in [0.2, 0.25) is 0 Å². The molecule has 6 heteroatoms. The zero-order valence-corrected chi connectivity index (χ0v) is 17.1. The number of likely N-dealkylation sites (tertiary alicyclic amines) is 1. The molecule has 1 aromatic carbocycles. The van der Waals surface area contributed by atoms with Crippen molar-refractivity contribution in [3.05, 3.63) is 30.1 Å². The number of hydrogen-bond donors (Lipinski definition) is 1. The van der Waals surface area contributed by atoms with Crippen LogP contribution in [-0.2, 0) is 16.6 Å². The third kappa shape index (κ3) is 3.70. The lowest BCUT2D eigenvalue weighted by Crippen LogP contribution is -2.43. The Hall–Kier alpha value is -2.37. The molecule has 1 saturated heterocycles. The van der Waals surface area contributed by atoms with Crippen LogP contribution < -0.4 is 5.32 Å². The van der Waals surface area contributed by atoms with Gasteiger partial charge in [-0.2, -0.15) is 0 Å². The molecule has 146 valence electrons. The number of nitrogens with one attached hydrogen (secondary N) is 1. The molecule has 0 radical (unpaired) electrons. The number of imidazole rings is 1. The molecule has 27 heavy (non-hydrogen) atoms. The highest BCUT2D eigenvalue weighted by atomic mass is 16.2. The molecule has 1 aliphatic heterocycles. The molecule has 1 aliphatic rings. The van der Waals surface area contributed by atoms with Crippen LogP contribution in [-0.4, -0.2) is 38.3 Å². The zero-order valence-electron chi connectivity index (χ0n) is 17.1. The van der Waals surface area contributed by atoms with Crippen molar-refractivity contribution in [3.8, 4) is 0 Å². The molecule has 6 nitrogen and oxygen atoms in total. The van der Waals surface area contributed by atoms with E-state index in [-0.39, 0.29) is 41.7 Å². The molecule has 1 N–H and O–H groups in total. The second kappa shape index (κ2) is 6.98. The van der Waals surface area contributed by atoms with Gasteiger partial charge >= 0.3 is 0 Å². The average Bonchev–Trinajstić information content (AvgIpc) is 3.13. The van der Waals surface area contributed by atoms with E-state index in [9.17, 15) is 9.59 Å². The summed E-state index contributed by atoms with van der Waals surface area (Å²) in [4.78, 5) is 31.8. The molecule has 3 rings (SSSR count). The molecule has 0 unspecified atom stereocenters. The van der Waals surface area contributed by atoms with Gasteiger partial charge in [0.25, 0.3) is 0 Å². The zero-order chi connectivity index (χ0) is 19.9. The lowest BCUT2D eigenvalue weighted by Gasteiger charge is -2.32. The summed E-state index contributed by atoms with van der Waals surface area (Å²) in [6.45, 7) is 10.6. The fourth-order valence-electron chi connectivity index (χ4n) is 3.77. The van der Waals surface area contributed by atoms with Crippen LogP contribution >= 0.6 is 0 Å². The second-order valence-electron chi connectivity index (χ2n) is 8.82. The van der Waals surface area contributed by atoms with E-state index in [2.05, 4.69) is 19.2 Å². The Kier molecular flexibility index (Phi) is 5.02. The molecule has 0 bridgehead atoms. The smallest absolute Gasteiger partial charge is 0.226 e. The quantitative estimate of drug-likeness (QED) is 0.899. The number of para-hydroxylation sites is 2. The maximum Gasteiger partial charge on any atom is 0.226 e. The van der Waals surface area contributed by atoms with Crippen LogP contribution in [0.1, 0.15) is 52.9 Å². The summed E-state index contributed by atoms with van der Waals surface area (Å²) in [5, 5.41) is 3.17. The Bertz CT molecular complexity index is 863. The normalized spacial score (nSPS) is 19.1. The Morgan fingerprint density at radius 2 is 1.93 bits per heavy atom. The number of fused-ring (bicyclic) bond motifs is 1. The third-order valence-corrected chi connectivity index (χ3v) is 5.37. The van der Waals surface area contributed by atoms with Gasteiger partial charge in [0.1, 0.15) is 5.82 Å². The van der Waals surface area contributed by atoms with Crippen molar-refractivity contribution in [2.75, 3.05) is 6.54 Å². The first-order chi connectivity index (χ1) is 12.6. The molecule has 2 heterocycles. The van der Waals surface area contributed by atoms with Crippen molar-refractivity contribution >= 4 is 22.8 Å². The maximum absolute atomic E-state index is 13.0. The summed E-state index contributed by atoms with van der Waals surface area (Å²) in [6, 6.07) is 7.76. The molecule has 1 fully saturated rings. The van der Waals surface area contributed by atoms with E-state index in [1.807, 2.05) is 56.7 Å². The van der Waals surface area contributed by atoms with Gasteiger partial charge in [-0.25, -0.2) is 4.98 Å². The minimum Gasteiger partial charge on any atom is -0.346 e. The number of hydrogen-bond acceptors (Lipinski definition) is 3. The average molecular weight is 370 g/mol. The summed E-state index contributed by atoms with van der Waals surface area (Å²) in [5.41, 5.74) is 1.70. The lowest BCUT2D eigenvalue weighted by atomic mass is 10.0. The Labute approximate surface area is 160 Å². The van der Waals surface area contributed by atoms with Crippen LogP contribution in [0.4, 0.5) is 0 Å². The standard InChI is InChI=1S/C21H30N4O2/c1-13(2)18(19-22-15-9-7-8-10-16(15)24(19)6)23-20(27)14-11-17(26)25(12-14)21(3,4)5/h7-10,13-14,18H,11-12H2,1-6H3,(H,23,27)/t14-,18-/m0/s1. The number of carbonyl (C=O) groups is 2. The number of amides is 2. The highest BCUT2D eigenvalue weighted by Crippen LogP contribution is 2.29. The highest BCUT2D eigenvalue weighted by molar-refractivity contribution is 5.89. The molecule has 0 saturated carbocycles. The minimum atomic E-state index is -0.312. The van der Waals surface area contributed by atoms with E-state index in [0.717, 1.165) is 16.9 Å². The topological polar surface area (TPSA) is 67.2 Å². The molecular weight excluding hydrogens is 340 g/mol. The van der Waals surface area contributed by atoms with Gasteiger partial charge in [-0.3, -0.25) is 9.59 Å². The Morgan fingerprint density at radius 3 is 2.48 bits per heavy atom. The van der Waals surface area contributed by atoms with Crippen molar-refractivity contribution < 1.29 is 9.59 Å². The summed E-state index contributed by atoms with van der Waals surface area (Å²) < 4.78 is 2.04. The number of nitrogens with zero attached hydrogens (tertiary/aromatic N) is 3. The predicted octanol–water partition coefficient (Wildman–Crippen LogP) is 3.03. The van der Waals surface area contributed by atoms with Crippen molar-refractivity contribution in [3.63, 3.8) is 0 Å². The van der Waals surface area contributed by atoms with E-state index in [1.54, 1.807) is 4.90 Å². The van der Waals surface area contributed by atoms with Gasteiger partial charge in [-0.1, -0.05) is 26.0 Å². The molecule has 2 aromatic rings. The van der Waals surface area contributed by atoms with Crippen molar-refractivity contribution in [1.29, 1.82) is 0 Å². The van der Waals surface area contributed by atoms with Crippen LogP contribution in [0.25, 0.3) is 11.0 Å². The van der Waals surface area contributed by atoms with E-state index >= 15 is 0 Å². The first-order valence-corrected chi connectivity index (χ1v) is 9.61. The number of carbonyl (C=O) groups excluding carboxylic acids is 2. The van der Waals surface area contributed by atoms with E-state index in [1.165, 1.54) is 0 Å². The summed E-state index contributed by atoms with van der Waals surface area (Å²) in [5.74, 6) is 0.692. The van der Waals surface area contributed by atoms with Gasteiger partial charge < -0.3 is 14.8 Å². The Morgan fingerprint density at radius 1 is 1.26 bits per heavy atom. The fraction of sp³-hybridized carbons (Fsp3) is 0.571. The first-order valence-electron chi connectivity index (χ1n) is 9.61. The van der Waals surface area contributed by atoms with Crippen LogP contribution in [0.15, 0.2) is 24.3 Å². The van der Waals surface area contributed by atoms with Crippen LogP contribution in [0, 0.1) is 11.8 Å². The van der Waals surface area contributed by atoms with Gasteiger partial charge in [0.15, 0.2) is 0 Å². The number of rotatable bonds is 4. The first kappa shape index (κ1) is 19.4. The third-order valence-electron chi connectivity index (χ3n) is 5.37. The molecule has 2 atom stereocenters.